The molecule has 0 radical (unpaired) electrons. The molecule has 0 unspecified atom stereocenters. The molecule has 2 aromatic carbocycles. The number of piperidine rings is 1. The molecular formula is C20H18ClF2N3O3S2. The van der Waals surface area contributed by atoms with E-state index in [4.69, 9.17) is 11.6 Å². The lowest BCUT2D eigenvalue weighted by Crippen LogP contribution is -2.41. The maximum atomic E-state index is 14.0. The van der Waals surface area contributed by atoms with Gasteiger partial charge in [-0.3, -0.25) is 4.79 Å². The van der Waals surface area contributed by atoms with Crippen LogP contribution in [0.1, 0.15) is 18.4 Å². The first-order chi connectivity index (χ1) is 14.7. The summed E-state index contributed by atoms with van der Waals surface area (Å²) in [5.41, 5.74) is 1.68. The van der Waals surface area contributed by atoms with Gasteiger partial charge in [-0.2, -0.15) is 4.31 Å². The fourth-order valence-electron chi connectivity index (χ4n) is 3.54. The average molecular weight is 486 g/mol. The van der Waals surface area contributed by atoms with Gasteiger partial charge in [0.15, 0.2) is 5.13 Å². The molecule has 11 heteroatoms. The molecule has 1 aliphatic rings. The standard InChI is InChI=1S/C20H18ClF2N3O3S2/c1-11-2-4-14(21)18-17(11)24-20(30-18)25-19(27)12-6-8-26(9-7-12)31(28,29)16-5-3-13(22)10-15(16)23/h2-5,10,12H,6-9H2,1H3,(H,24,25,27). The Bertz CT molecular complexity index is 1230. The summed E-state index contributed by atoms with van der Waals surface area (Å²) in [6, 6.07) is 6.00. The number of hydrogen-bond donors (Lipinski definition) is 1. The Hall–Kier alpha value is -2.14. The Morgan fingerprint density at radius 2 is 1.94 bits per heavy atom. The van der Waals surface area contributed by atoms with Gasteiger partial charge in [0.1, 0.15) is 16.5 Å². The molecule has 2 heterocycles. The third-order valence-corrected chi connectivity index (χ3v) is 8.63. The predicted octanol–water partition coefficient (Wildman–Crippen LogP) is 4.58. The molecule has 0 bridgehead atoms. The lowest BCUT2D eigenvalue weighted by molar-refractivity contribution is -0.120. The Morgan fingerprint density at radius 1 is 1.23 bits per heavy atom. The van der Waals surface area contributed by atoms with E-state index >= 15 is 0 Å². The molecule has 0 aliphatic carbocycles. The number of hydrogen-bond acceptors (Lipinski definition) is 5. The monoisotopic (exact) mass is 485 g/mol. The SMILES string of the molecule is Cc1ccc(Cl)c2sc(NC(=O)C3CCN(S(=O)(=O)c4ccc(F)cc4F)CC3)nc12. The van der Waals surface area contributed by atoms with E-state index in [1.807, 2.05) is 13.0 Å². The van der Waals surface area contributed by atoms with Crippen LogP contribution >= 0.6 is 22.9 Å². The van der Waals surface area contributed by atoms with E-state index in [1.165, 1.54) is 11.3 Å². The van der Waals surface area contributed by atoms with E-state index in [9.17, 15) is 22.0 Å². The summed E-state index contributed by atoms with van der Waals surface area (Å²) >= 11 is 7.49. The van der Waals surface area contributed by atoms with E-state index in [-0.39, 0.29) is 31.8 Å². The number of amides is 1. The number of rotatable bonds is 4. The van der Waals surface area contributed by atoms with Crippen molar-refractivity contribution in [1.82, 2.24) is 9.29 Å². The maximum Gasteiger partial charge on any atom is 0.245 e. The third kappa shape index (κ3) is 4.30. The van der Waals surface area contributed by atoms with Crippen molar-refractivity contribution < 1.29 is 22.0 Å². The zero-order valence-electron chi connectivity index (χ0n) is 16.4. The summed E-state index contributed by atoms with van der Waals surface area (Å²) in [4.78, 5) is 16.6. The van der Waals surface area contributed by atoms with Crippen LogP contribution in [0.2, 0.25) is 5.02 Å². The van der Waals surface area contributed by atoms with E-state index < -0.39 is 32.5 Å². The molecule has 3 aromatic rings. The molecule has 1 fully saturated rings. The lowest BCUT2D eigenvalue weighted by Gasteiger charge is -2.30. The number of thiazole rings is 1. The number of aromatic nitrogens is 1. The fraction of sp³-hybridized carbons (Fsp3) is 0.300. The topological polar surface area (TPSA) is 79.4 Å². The van der Waals surface area contributed by atoms with Crippen molar-refractivity contribution in [2.24, 2.45) is 5.92 Å². The average Bonchev–Trinajstić information content (AvgIpc) is 3.15. The van der Waals surface area contributed by atoms with Gasteiger partial charge in [-0.25, -0.2) is 22.2 Å². The smallest absolute Gasteiger partial charge is 0.245 e. The van der Waals surface area contributed by atoms with Gasteiger partial charge in [-0.1, -0.05) is 29.0 Å². The highest BCUT2D eigenvalue weighted by atomic mass is 35.5. The number of benzene rings is 2. The Balaban J connectivity index is 1.43. The molecular weight excluding hydrogens is 468 g/mol. The van der Waals surface area contributed by atoms with Gasteiger partial charge >= 0.3 is 0 Å². The molecule has 0 spiro atoms. The van der Waals surface area contributed by atoms with Crippen LogP contribution in [0.3, 0.4) is 0 Å². The first-order valence-electron chi connectivity index (χ1n) is 9.48. The maximum absolute atomic E-state index is 14.0. The first-order valence-corrected chi connectivity index (χ1v) is 12.1. The highest BCUT2D eigenvalue weighted by Crippen LogP contribution is 2.34. The molecule has 0 saturated carbocycles. The van der Waals surface area contributed by atoms with Crippen LogP contribution in [-0.4, -0.2) is 36.7 Å². The molecule has 1 aromatic heterocycles. The van der Waals surface area contributed by atoms with Crippen LogP contribution in [0.5, 0.6) is 0 Å². The van der Waals surface area contributed by atoms with Crippen molar-refractivity contribution in [3.8, 4) is 0 Å². The summed E-state index contributed by atoms with van der Waals surface area (Å²) in [6.07, 6.45) is 0.553. The van der Waals surface area contributed by atoms with Crippen molar-refractivity contribution in [1.29, 1.82) is 0 Å². The number of carbonyl (C=O) groups is 1. The zero-order chi connectivity index (χ0) is 22.3. The Labute approximate surface area is 186 Å². The minimum Gasteiger partial charge on any atom is -0.302 e. The van der Waals surface area contributed by atoms with Crippen molar-refractivity contribution in [2.45, 2.75) is 24.7 Å². The summed E-state index contributed by atoms with van der Waals surface area (Å²) < 4.78 is 54.4. The van der Waals surface area contributed by atoms with Crippen LogP contribution in [0.15, 0.2) is 35.2 Å². The van der Waals surface area contributed by atoms with Gasteiger partial charge in [-0.15, -0.1) is 0 Å². The van der Waals surface area contributed by atoms with Crippen LogP contribution in [-0.2, 0) is 14.8 Å². The van der Waals surface area contributed by atoms with Gasteiger partial charge < -0.3 is 5.32 Å². The lowest BCUT2D eigenvalue weighted by atomic mass is 9.97. The van der Waals surface area contributed by atoms with Crippen molar-refractivity contribution in [3.63, 3.8) is 0 Å². The number of carbonyl (C=O) groups excluding carboxylic acids is 1. The normalized spacial score (nSPS) is 16.0. The Kier molecular flexibility index (Phi) is 5.99. The van der Waals surface area contributed by atoms with E-state index in [2.05, 4.69) is 10.3 Å². The number of sulfonamides is 1. The molecule has 0 atom stereocenters. The number of anilines is 1. The highest BCUT2D eigenvalue weighted by molar-refractivity contribution is 7.89. The van der Waals surface area contributed by atoms with Crippen molar-refractivity contribution in [3.05, 3.63) is 52.6 Å². The van der Waals surface area contributed by atoms with Gasteiger partial charge in [0.05, 0.1) is 15.2 Å². The summed E-state index contributed by atoms with van der Waals surface area (Å²) in [5, 5.41) is 3.79. The molecule has 31 heavy (non-hydrogen) atoms. The van der Waals surface area contributed by atoms with Gasteiger partial charge in [0, 0.05) is 25.1 Å². The third-order valence-electron chi connectivity index (χ3n) is 5.26. The predicted molar refractivity (Wildman–Crippen MR) is 116 cm³/mol. The van der Waals surface area contributed by atoms with Crippen molar-refractivity contribution in [2.75, 3.05) is 18.4 Å². The zero-order valence-corrected chi connectivity index (χ0v) is 18.8. The van der Waals surface area contributed by atoms with Gasteiger partial charge in [0.25, 0.3) is 0 Å². The molecule has 4 rings (SSSR count). The van der Waals surface area contributed by atoms with Gasteiger partial charge in [0.2, 0.25) is 15.9 Å². The number of nitrogens with one attached hydrogen (secondary N) is 1. The second-order valence-corrected chi connectivity index (χ2v) is 10.6. The van der Waals surface area contributed by atoms with E-state index in [0.717, 1.165) is 32.2 Å². The van der Waals surface area contributed by atoms with Crippen LogP contribution in [0.4, 0.5) is 13.9 Å². The van der Waals surface area contributed by atoms with Gasteiger partial charge in [-0.05, 0) is 43.5 Å². The number of fused-ring (bicyclic) bond motifs is 1. The minimum atomic E-state index is -4.11. The second-order valence-electron chi connectivity index (χ2n) is 7.30. The fourth-order valence-corrected chi connectivity index (χ4v) is 6.28. The molecule has 1 saturated heterocycles. The molecule has 164 valence electrons. The molecule has 1 amide bonds. The second kappa shape index (κ2) is 8.42. The van der Waals surface area contributed by atoms with Crippen molar-refractivity contribution >= 4 is 54.2 Å². The Morgan fingerprint density at radius 3 is 2.58 bits per heavy atom. The van der Waals surface area contributed by atoms with Crippen LogP contribution in [0.25, 0.3) is 10.2 Å². The van der Waals surface area contributed by atoms with E-state index in [1.54, 1.807) is 6.07 Å². The number of halogens is 3. The largest absolute Gasteiger partial charge is 0.302 e. The quantitative estimate of drug-likeness (QED) is 0.587. The minimum absolute atomic E-state index is 0.0576. The number of aryl methyl sites for hydroxylation is 1. The number of nitrogens with zero attached hydrogens (tertiary/aromatic N) is 2. The highest BCUT2D eigenvalue weighted by Gasteiger charge is 2.34. The first kappa shape index (κ1) is 22.1. The molecule has 6 nitrogen and oxygen atoms in total. The van der Waals surface area contributed by atoms with E-state index in [0.29, 0.717) is 16.2 Å². The molecule has 1 N–H and O–H groups in total. The van der Waals surface area contributed by atoms with Crippen LogP contribution < -0.4 is 5.32 Å². The summed E-state index contributed by atoms with van der Waals surface area (Å²) in [5.74, 6) is -2.64. The summed E-state index contributed by atoms with van der Waals surface area (Å²) in [6.45, 7) is 2.02. The van der Waals surface area contributed by atoms with Crippen LogP contribution in [0, 0.1) is 24.5 Å². The summed E-state index contributed by atoms with van der Waals surface area (Å²) in [7, 11) is -4.11. The molecule has 1 aliphatic heterocycles.